The minimum absolute atomic E-state index is 0.390. The zero-order valence-electron chi connectivity index (χ0n) is 15.6. The van der Waals surface area contributed by atoms with E-state index in [1.165, 1.54) is 24.0 Å². The summed E-state index contributed by atoms with van der Waals surface area (Å²) in [5.74, 6) is 1.80. The third-order valence-corrected chi connectivity index (χ3v) is 6.75. The van der Waals surface area contributed by atoms with Gasteiger partial charge in [-0.3, -0.25) is 4.98 Å². The number of imidazole rings is 1. The Hall–Kier alpha value is -2.32. The number of anilines is 1. The van der Waals surface area contributed by atoms with Gasteiger partial charge in [-0.2, -0.15) is 0 Å². The van der Waals surface area contributed by atoms with E-state index in [1.807, 2.05) is 4.57 Å². The third-order valence-electron chi connectivity index (χ3n) is 5.38. The third kappa shape index (κ3) is 3.44. The predicted molar refractivity (Wildman–Crippen MR) is 120 cm³/mol. The fourth-order valence-corrected chi connectivity index (χ4v) is 5.01. The summed E-state index contributed by atoms with van der Waals surface area (Å²) >= 11 is 7.15. The Morgan fingerprint density at radius 1 is 1.00 bits per heavy atom. The molecule has 1 aliphatic carbocycles. The summed E-state index contributed by atoms with van der Waals surface area (Å²) < 4.78 is 3.79. The van der Waals surface area contributed by atoms with Crippen LogP contribution in [0.1, 0.15) is 29.5 Å². The Morgan fingerprint density at radius 2 is 1.76 bits per heavy atom. The summed E-state index contributed by atoms with van der Waals surface area (Å²) in [6, 6.07) is 6.56. The zero-order chi connectivity index (χ0) is 20.0. The predicted octanol–water partition coefficient (Wildman–Crippen LogP) is 4.87. The number of hydrogen-bond donors (Lipinski definition) is 1. The number of halogens is 2. The molecule has 29 heavy (non-hydrogen) atoms. The summed E-state index contributed by atoms with van der Waals surface area (Å²) in [4.78, 5) is 18.1. The molecule has 5 rings (SSSR count). The quantitative estimate of drug-likeness (QED) is 0.422. The molecule has 1 aromatic carbocycles. The van der Waals surface area contributed by atoms with E-state index in [9.17, 15) is 0 Å². The Balaban J connectivity index is 1.59. The topological polar surface area (TPSA) is 82.5 Å². The molecule has 2 aromatic rings. The van der Waals surface area contributed by atoms with Crippen LogP contribution in [0.2, 0.25) is 0 Å². The first-order valence-electron chi connectivity index (χ1n) is 9.48. The smallest absolute Gasteiger partial charge is 0.166 e. The van der Waals surface area contributed by atoms with Gasteiger partial charge in [-0.05, 0) is 74.7 Å². The second kappa shape index (κ2) is 7.50. The Bertz CT molecular complexity index is 1170. The van der Waals surface area contributed by atoms with Gasteiger partial charge in [0.2, 0.25) is 0 Å². The molecule has 1 aromatic heterocycles. The molecular weight excluding hydrogens is 496 g/mol. The molecule has 2 N–H and O–H groups in total. The number of aryl methyl sites for hydroxylation is 2. The van der Waals surface area contributed by atoms with Gasteiger partial charge in [0.05, 0.1) is 12.9 Å². The molecule has 0 atom stereocenters. The first kappa shape index (κ1) is 18.7. The van der Waals surface area contributed by atoms with E-state index in [-0.39, 0.29) is 0 Å². The number of aromatic nitrogens is 5. The van der Waals surface area contributed by atoms with Gasteiger partial charge in [0.1, 0.15) is 0 Å². The van der Waals surface area contributed by atoms with E-state index >= 15 is 0 Å². The highest BCUT2D eigenvalue weighted by Crippen LogP contribution is 2.32. The van der Waals surface area contributed by atoms with Crippen molar-refractivity contribution in [1.29, 1.82) is 0 Å². The van der Waals surface area contributed by atoms with Crippen LogP contribution in [0.4, 0.5) is 5.82 Å². The fraction of sp³-hybridized carbons (Fsp3) is 0.238. The lowest BCUT2D eigenvalue weighted by Gasteiger charge is -2.15. The van der Waals surface area contributed by atoms with Gasteiger partial charge in [-0.1, -0.05) is 12.1 Å². The molecule has 2 aliphatic heterocycles. The van der Waals surface area contributed by atoms with Crippen LogP contribution < -0.4 is 5.73 Å². The maximum absolute atomic E-state index is 6.13. The van der Waals surface area contributed by atoms with Crippen LogP contribution in [0, 0.1) is 0 Å². The second-order valence-corrected chi connectivity index (χ2v) is 8.96. The van der Waals surface area contributed by atoms with Crippen LogP contribution >= 0.6 is 31.9 Å². The lowest BCUT2D eigenvalue weighted by atomic mass is 9.90. The molecule has 0 saturated carbocycles. The number of fused-ring (bicyclic) bond motifs is 2. The van der Waals surface area contributed by atoms with Gasteiger partial charge in [0.25, 0.3) is 0 Å². The molecule has 0 radical (unpaired) electrons. The van der Waals surface area contributed by atoms with Crippen molar-refractivity contribution in [3.63, 3.8) is 0 Å². The van der Waals surface area contributed by atoms with Crippen LogP contribution in [0.5, 0.6) is 0 Å². The summed E-state index contributed by atoms with van der Waals surface area (Å²) in [6.45, 7) is 0.565. The SMILES string of the molecule is Nc1ncn(Cc2c(Br)cncc2Br)c2nc(-c3ccc4c(c3)CCCC4)nc1-2. The average Bonchev–Trinajstić information content (AvgIpc) is 3.19. The first-order valence-corrected chi connectivity index (χ1v) is 11.1. The normalized spacial score (nSPS) is 13.6. The van der Waals surface area contributed by atoms with E-state index in [0.29, 0.717) is 23.9 Å². The van der Waals surface area contributed by atoms with Crippen molar-refractivity contribution in [2.75, 3.05) is 5.73 Å². The molecule has 0 bridgehead atoms. The number of nitrogen functional groups attached to an aromatic ring is 1. The van der Waals surface area contributed by atoms with E-state index in [2.05, 4.69) is 60.0 Å². The summed E-state index contributed by atoms with van der Waals surface area (Å²) in [7, 11) is 0. The van der Waals surface area contributed by atoms with Gasteiger partial charge in [-0.25, -0.2) is 15.0 Å². The zero-order valence-corrected chi connectivity index (χ0v) is 18.7. The largest absolute Gasteiger partial charge is 0.382 e. The Kier molecular flexibility index (Phi) is 4.83. The van der Waals surface area contributed by atoms with Crippen molar-refractivity contribution in [2.45, 2.75) is 32.2 Å². The molecule has 0 amide bonds. The number of rotatable bonds is 3. The van der Waals surface area contributed by atoms with Crippen molar-refractivity contribution in [3.05, 3.63) is 62.6 Å². The van der Waals surface area contributed by atoms with Crippen LogP contribution in [-0.2, 0) is 19.4 Å². The first-order chi connectivity index (χ1) is 14.1. The Labute approximate surface area is 185 Å². The lowest BCUT2D eigenvalue weighted by molar-refractivity contribution is 0.686. The monoisotopic (exact) mass is 512 g/mol. The highest BCUT2D eigenvalue weighted by molar-refractivity contribution is 9.11. The van der Waals surface area contributed by atoms with Gasteiger partial charge < -0.3 is 10.3 Å². The van der Waals surface area contributed by atoms with Crippen LogP contribution in [-0.4, -0.2) is 24.5 Å². The molecule has 0 spiro atoms. The van der Waals surface area contributed by atoms with E-state index < -0.39 is 0 Å². The molecular formula is C21H18Br2N6. The number of nitrogens with zero attached hydrogens (tertiary/aromatic N) is 5. The lowest BCUT2D eigenvalue weighted by Crippen LogP contribution is -2.10. The van der Waals surface area contributed by atoms with Gasteiger partial charge in [0, 0.05) is 32.5 Å². The van der Waals surface area contributed by atoms with E-state index in [1.54, 1.807) is 18.7 Å². The van der Waals surface area contributed by atoms with Gasteiger partial charge in [0.15, 0.2) is 23.2 Å². The van der Waals surface area contributed by atoms with Gasteiger partial charge >= 0.3 is 0 Å². The number of benzene rings is 1. The molecule has 6 nitrogen and oxygen atoms in total. The molecule has 146 valence electrons. The van der Waals surface area contributed by atoms with Crippen molar-refractivity contribution >= 4 is 37.7 Å². The minimum Gasteiger partial charge on any atom is -0.382 e. The molecule has 8 heteroatoms. The molecule has 3 aliphatic rings. The number of pyridine rings is 1. The highest BCUT2D eigenvalue weighted by Gasteiger charge is 2.21. The van der Waals surface area contributed by atoms with Crippen molar-refractivity contribution in [2.24, 2.45) is 0 Å². The standard InChI is InChI=1S/C21H18Br2N6/c22-16-8-25-9-17(23)15(16)10-29-11-26-19(24)18-21(29)28-20(27-18)14-6-5-12-3-1-2-4-13(12)7-14/h5-9,11H,1-4,10,24H2. The number of nitrogens with two attached hydrogens (primary N) is 1. The van der Waals surface area contributed by atoms with Gasteiger partial charge in [-0.15, -0.1) is 0 Å². The minimum atomic E-state index is 0.390. The highest BCUT2D eigenvalue weighted by atomic mass is 79.9. The summed E-state index contributed by atoms with van der Waals surface area (Å²) in [5, 5.41) is 0. The fourth-order valence-electron chi connectivity index (χ4n) is 3.83. The molecule has 3 heterocycles. The summed E-state index contributed by atoms with van der Waals surface area (Å²) in [5.41, 5.74) is 11.7. The van der Waals surface area contributed by atoms with Crippen LogP contribution in [0.3, 0.4) is 0 Å². The molecule has 0 unspecified atom stereocenters. The molecule has 0 saturated heterocycles. The van der Waals surface area contributed by atoms with Crippen LogP contribution in [0.25, 0.3) is 22.9 Å². The summed E-state index contributed by atoms with van der Waals surface area (Å²) in [6.07, 6.45) is 10.1. The number of hydrogen-bond acceptors (Lipinski definition) is 5. The van der Waals surface area contributed by atoms with E-state index in [0.717, 1.165) is 38.7 Å². The van der Waals surface area contributed by atoms with Crippen molar-refractivity contribution in [3.8, 4) is 22.9 Å². The van der Waals surface area contributed by atoms with Crippen LogP contribution in [0.15, 0.2) is 45.9 Å². The average molecular weight is 514 g/mol. The molecule has 0 fully saturated rings. The van der Waals surface area contributed by atoms with Crippen molar-refractivity contribution < 1.29 is 0 Å². The Morgan fingerprint density at radius 3 is 2.55 bits per heavy atom. The maximum atomic E-state index is 6.13. The second-order valence-electron chi connectivity index (χ2n) is 7.25. The van der Waals surface area contributed by atoms with E-state index in [4.69, 9.17) is 15.7 Å². The maximum Gasteiger partial charge on any atom is 0.166 e. The van der Waals surface area contributed by atoms with Crippen molar-refractivity contribution in [1.82, 2.24) is 24.5 Å².